The summed E-state index contributed by atoms with van der Waals surface area (Å²) in [6.07, 6.45) is 6.68. The van der Waals surface area contributed by atoms with Crippen molar-refractivity contribution in [1.29, 1.82) is 0 Å². The highest BCUT2D eigenvalue weighted by Gasteiger charge is 2.32. The molecule has 0 unspecified atom stereocenters. The molecule has 0 saturated heterocycles. The van der Waals surface area contributed by atoms with Crippen molar-refractivity contribution in [2.24, 2.45) is 0 Å². The number of ketones is 1. The second-order valence-electron chi connectivity index (χ2n) is 7.24. The van der Waals surface area contributed by atoms with Gasteiger partial charge in [-0.1, -0.05) is 23.5 Å². The molecule has 150 valence electrons. The van der Waals surface area contributed by atoms with Crippen LogP contribution in [0, 0.1) is 0 Å². The van der Waals surface area contributed by atoms with Crippen LogP contribution in [-0.4, -0.2) is 37.9 Å². The number of nitrogens with one attached hydrogen (secondary N) is 1. The normalized spacial score (nSPS) is 18.0. The molecule has 1 N–H and O–H groups in total. The zero-order chi connectivity index (χ0) is 20.5. The molecule has 30 heavy (non-hydrogen) atoms. The molecule has 3 aromatic heterocycles. The summed E-state index contributed by atoms with van der Waals surface area (Å²) in [7, 11) is 0. The van der Waals surface area contributed by atoms with E-state index in [2.05, 4.69) is 31.3 Å². The van der Waals surface area contributed by atoms with Gasteiger partial charge in [0.2, 0.25) is 5.88 Å². The van der Waals surface area contributed by atoms with E-state index in [1.807, 2.05) is 24.3 Å². The lowest BCUT2D eigenvalue weighted by molar-refractivity contribution is 0.101. The van der Waals surface area contributed by atoms with E-state index in [0.29, 0.717) is 23.3 Å². The number of fused-ring (bicyclic) bond motifs is 1. The van der Waals surface area contributed by atoms with Gasteiger partial charge in [-0.05, 0) is 24.3 Å². The third kappa shape index (κ3) is 3.73. The van der Waals surface area contributed by atoms with Gasteiger partial charge < -0.3 is 10.1 Å². The van der Waals surface area contributed by atoms with Gasteiger partial charge in [0.1, 0.15) is 17.5 Å². The SMILES string of the molecule is CC(=O)c1ccc(-c2nccnc2O[C@H]2C[C@@H](Nc3nc4ccccc4s3)C2)cn1. The predicted octanol–water partition coefficient (Wildman–Crippen LogP) is 4.37. The van der Waals surface area contributed by atoms with Crippen LogP contribution in [0.1, 0.15) is 30.3 Å². The topological polar surface area (TPSA) is 89.9 Å². The first-order valence-electron chi connectivity index (χ1n) is 9.73. The number of carbonyl (C=O) groups excluding carboxylic acids is 1. The fraction of sp³-hybridized carbons (Fsp3) is 0.227. The monoisotopic (exact) mass is 417 g/mol. The maximum absolute atomic E-state index is 11.4. The molecule has 1 saturated carbocycles. The summed E-state index contributed by atoms with van der Waals surface area (Å²) in [4.78, 5) is 29.0. The summed E-state index contributed by atoms with van der Waals surface area (Å²) in [5, 5.41) is 4.44. The maximum atomic E-state index is 11.4. The lowest BCUT2D eigenvalue weighted by Gasteiger charge is -2.35. The van der Waals surface area contributed by atoms with E-state index in [9.17, 15) is 4.79 Å². The van der Waals surface area contributed by atoms with Gasteiger partial charge in [0.15, 0.2) is 10.9 Å². The molecule has 4 aromatic rings. The lowest BCUT2D eigenvalue weighted by atomic mass is 9.89. The van der Waals surface area contributed by atoms with Gasteiger partial charge >= 0.3 is 0 Å². The van der Waals surface area contributed by atoms with Gasteiger partial charge in [-0.2, -0.15) is 0 Å². The third-order valence-electron chi connectivity index (χ3n) is 5.06. The van der Waals surface area contributed by atoms with Crippen LogP contribution < -0.4 is 10.1 Å². The van der Waals surface area contributed by atoms with Gasteiger partial charge in [0, 0.05) is 50.0 Å². The largest absolute Gasteiger partial charge is 0.473 e. The minimum absolute atomic E-state index is 0.0665. The summed E-state index contributed by atoms with van der Waals surface area (Å²) < 4.78 is 7.30. The fourth-order valence-electron chi connectivity index (χ4n) is 3.40. The molecular weight excluding hydrogens is 398 g/mol. The second-order valence-corrected chi connectivity index (χ2v) is 8.27. The number of aromatic nitrogens is 4. The standard InChI is InChI=1S/C22H19N5O2S/c1-13(28)17-7-6-14(12-25-17)20-21(24-9-8-23-20)29-16-10-15(11-16)26-22-27-18-4-2-3-5-19(18)30-22/h2-9,12,15-16H,10-11H2,1H3,(H,26,27)/t15-,16+. The van der Waals surface area contributed by atoms with Crippen LogP contribution in [-0.2, 0) is 0 Å². The number of hydrogen-bond acceptors (Lipinski definition) is 8. The number of ether oxygens (including phenoxy) is 1. The van der Waals surface area contributed by atoms with Crippen LogP contribution in [0.5, 0.6) is 5.88 Å². The minimum Gasteiger partial charge on any atom is -0.473 e. The van der Waals surface area contributed by atoms with Gasteiger partial charge in [-0.3, -0.25) is 9.78 Å². The highest BCUT2D eigenvalue weighted by atomic mass is 32.1. The molecule has 0 aliphatic heterocycles. The van der Waals surface area contributed by atoms with Crippen LogP contribution in [0.4, 0.5) is 5.13 Å². The van der Waals surface area contributed by atoms with Crippen LogP contribution in [0.15, 0.2) is 55.0 Å². The number of carbonyl (C=O) groups is 1. The van der Waals surface area contributed by atoms with Crippen molar-refractivity contribution in [1.82, 2.24) is 19.9 Å². The number of pyridine rings is 1. The van der Waals surface area contributed by atoms with Crippen LogP contribution >= 0.6 is 11.3 Å². The van der Waals surface area contributed by atoms with E-state index in [0.717, 1.165) is 29.1 Å². The highest BCUT2D eigenvalue weighted by Crippen LogP contribution is 2.33. The molecule has 1 aliphatic rings. The smallest absolute Gasteiger partial charge is 0.240 e. The summed E-state index contributed by atoms with van der Waals surface area (Å²) >= 11 is 1.67. The molecular formula is C22H19N5O2S. The Bertz CT molecular complexity index is 1170. The number of hydrogen-bond donors (Lipinski definition) is 1. The molecule has 1 aromatic carbocycles. The van der Waals surface area contributed by atoms with Crippen molar-refractivity contribution in [3.8, 4) is 17.1 Å². The lowest BCUT2D eigenvalue weighted by Crippen LogP contribution is -2.42. The number of anilines is 1. The molecule has 0 spiro atoms. The van der Waals surface area contributed by atoms with Crippen molar-refractivity contribution in [2.75, 3.05) is 5.32 Å². The van der Waals surface area contributed by atoms with E-state index < -0.39 is 0 Å². The highest BCUT2D eigenvalue weighted by molar-refractivity contribution is 7.22. The molecule has 0 bridgehead atoms. The average Bonchev–Trinajstić information content (AvgIpc) is 3.15. The average molecular weight is 417 g/mol. The number of para-hydroxylation sites is 1. The van der Waals surface area contributed by atoms with E-state index in [1.54, 1.807) is 36.0 Å². The van der Waals surface area contributed by atoms with E-state index in [1.165, 1.54) is 11.6 Å². The Labute approximate surface area is 177 Å². The molecule has 7 nitrogen and oxygen atoms in total. The van der Waals surface area contributed by atoms with Gasteiger partial charge in [-0.25, -0.2) is 15.0 Å². The molecule has 0 amide bonds. The number of nitrogens with zero attached hydrogens (tertiary/aromatic N) is 4. The summed E-state index contributed by atoms with van der Waals surface area (Å²) in [6.45, 7) is 1.49. The van der Waals surface area contributed by atoms with Gasteiger partial charge in [-0.15, -0.1) is 0 Å². The minimum atomic E-state index is -0.0710. The first-order chi connectivity index (χ1) is 14.7. The van der Waals surface area contributed by atoms with Crippen molar-refractivity contribution < 1.29 is 9.53 Å². The number of Topliss-reactive ketones (excluding diaryl/α,β-unsaturated/α-hetero) is 1. The van der Waals surface area contributed by atoms with Crippen LogP contribution in [0.2, 0.25) is 0 Å². The summed E-state index contributed by atoms with van der Waals surface area (Å²) in [5.74, 6) is 0.414. The van der Waals surface area contributed by atoms with Crippen LogP contribution in [0.3, 0.4) is 0 Å². The fourth-order valence-corrected chi connectivity index (χ4v) is 4.34. The zero-order valence-electron chi connectivity index (χ0n) is 16.3. The molecule has 1 aliphatic carbocycles. The molecule has 5 rings (SSSR count). The van der Waals surface area contributed by atoms with Crippen molar-refractivity contribution in [3.05, 3.63) is 60.7 Å². The third-order valence-corrected chi connectivity index (χ3v) is 6.02. The quantitative estimate of drug-likeness (QED) is 0.466. The van der Waals surface area contributed by atoms with Gasteiger partial charge in [0.25, 0.3) is 0 Å². The summed E-state index contributed by atoms with van der Waals surface area (Å²) in [5.41, 5.74) is 2.84. The Balaban J connectivity index is 1.24. The van der Waals surface area contributed by atoms with Crippen LogP contribution in [0.25, 0.3) is 21.5 Å². The number of rotatable bonds is 6. The first-order valence-corrected chi connectivity index (χ1v) is 10.5. The van der Waals surface area contributed by atoms with E-state index >= 15 is 0 Å². The maximum Gasteiger partial charge on any atom is 0.240 e. The second kappa shape index (κ2) is 7.79. The molecule has 0 atom stereocenters. The van der Waals surface area contributed by atoms with Crippen molar-refractivity contribution >= 4 is 32.5 Å². The van der Waals surface area contributed by atoms with E-state index in [-0.39, 0.29) is 11.9 Å². The molecule has 0 radical (unpaired) electrons. The van der Waals surface area contributed by atoms with Gasteiger partial charge in [0.05, 0.1) is 10.2 Å². The Morgan fingerprint density at radius 1 is 1.10 bits per heavy atom. The zero-order valence-corrected chi connectivity index (χ0v) is 17.1. The van der Waals surface area contributed by atoms with E-state index in [4.69, 9.17) is 4.74 Å². The van der Waals surface area contributed by atoms with Crippen molar-refractivity contribution in [3.63, 3.8) is 0 Å². The Hall–Kier alpha value is -3.39. The van der Waals surface area contributed by atoms with Crippen molar-refractivity contribution in [2.45, 2.75) is 31.9 Å². The first kappa shape index (κ1) is 18.6. The molecule has 8 heteroatoms. The number of benzene rings is 1. The Morgan fingerprint density at radius 2 is 1.93 bits per heavy atom. The molecule has 1 fully saturated rings. The summed E-state index contributed by atoms with van der Waals surface area (Å²) in [6, 6.07) is 12.0. The Morgan fingerprint density at radius 3 is 2.70 bits per heavy atom. The molecule has 3 heterocycles. The predicted molar refractivity (Wildman–Crippen MR) is 116 cm³/mol. The number of thiazole rings is 1. The Kier molecular flexibility index (Phi) is 4.84.